The van der Waals surface area contributed by atoms with Gasteiger partial charge in [0.25, 0.3) is 0 Å². The molecule has 2 aliphatic carbocycles. The first-order valence-electron chi connectivity index (χ1n) is 6.04. The van der Waals surface area contributed by atoms with Gasteiger partial charge in [0.15, 0.2) is 0 Å². The largest absolute Gasteiger partial charge is 0.354 e. The number of carbonyl (C=O) groups is 1. The van der Waals surface area contributed by atoms with Crippen molar-refractivity contribution < 1.29 is 4.79 Å². The lowest BCUT2D eigenvalue weighted by atomic mass is 9.88. The molecule has 0 heterocycles. The zero-order chi connectivity index (χ0) is 11.1. The standard InChI is InChI=1S/C12H22N2O.ClH/c1-12(2,13)11(15)14-7-10-6-8-3-4-9(10)5-8;/h8-10H,3-7,13H2,1-2H3,(H,14,15);1H. The topological polar surface area (TPSA) is 55.1 Å². The van der Waals surface area contributed by atoms with E-state index in [2.05, 4.69) is 5.32 Å². The summed E-state index contributed by atoms with van der Waals surface area (Å²) < 4.78 is 0. The van der Waals surface area contributed by atoms with Crippen molar-refractivity contribution in [3.05, 3.63) is 0 Å². The minimum atomic E-state index is -0.738. The summed E-state index contributed by atoms with van der Waals surface area (Å²) >= 11 is 0. The van der Waals surface area contributed by atoms with Crippen molar-refractivity contribution in [1.82, 2.24) is 5.32 Å². The lowest BCUT2D eigenvalue weighted by Gasteiger charge is -2.24. The van der Waals surface area contributed by atoms with Crippen LogP contribution in [0.25, 0.3) is 0 Å². The molecule has 94 valence electrons. The molecule has 3 unspecified atom stereocenters. The number of rotatable bonds is 3. The van der Waals surface area contributed by atoms with Crippen molar-refractivity contribution in [3.63, 3.8) is 0 Å². The van der Waals surface area contributed by atoms with Crippen LogP contribution in [0.2, 0.25) is 0 Å². The van der Waals surface area contributed by atoms with Crippen molar-refractivity contribution >= 4 is 18.3 Å². The van der Waals surface area contributed by atoms with Crippen LogP contribution in [-0.2, 0) is 4.79 Å². The number of halogens is 1. The fourth-order valence-electron chi connectivity index (χ4n) is 3.08. The zero-order valence-electron chi connectivity index (χ0n) is 10.2. The average molecular weight is 247 g/mol. The van der Waals surface area contributed by atoms with Crippen molar-refractivity contribution in [2.45, 2.75) is 45.1 Å². The maximum atomic E-state index is 11.6. The minimum absolute atomic E-state index is 0. The molecule has 0 radical (unpaired) electrons. The Morgan fingerprint density at radius 1 is 1.38 bits per heavy atom. The Balaban J connectivity index is 0.00000128. The molecule has 1 amide bonds. The lowest BCUT2D eigenvalue weighted by Crippen LogP contribution is -2.50. The van der Waals surface area contributed by atoms with Crippen molar-refractivity contribution in [1.29, 1.82) is 0 Å². The third-order valence-electron chi connectivity index (χ3n) is 3.99. The smallest absolute Gasteiger partial charge is 0.239 e. The van der Waals surface area contributed by atoms with Crippen LogP contribution in [0, 0.1) is 17.8 Å². The van der Waals surface area contributed by atoms with Crippen LogP contribution >= 0.6 is 12.4 Å². The first kappa shape index (κ1) is 13.8. The molecule has 0 aliphatic heterocycles. The molecule has 0 aromatic carbocycles. The molecule has 2 bridgehead atoms. The van der Waals surface area contributed by atoms with Gasteiger partial charge < -0.3 is 11.1 Å². The first-order valence-corrected chi connectivity index (χ1v) is 6.04. The Morgan fingerprint density at radius 3 is 2.50 bits per heavy atom. The molecule has 0 aromatic rings. The summed E-state index contributed by atoms with van der Waals surface area (Å²) in [7, 11) is 0. The fourth-order valence-corrected chi connectivity index (χ4v) is 3.08. The van der Waals surface area contributed by atoms with Gasteiger partial charge in [-0.1, -0.05) is 6.42 Å². The highest BCUT2D eigenvalue weighted by Crippen LogP contribution is 2.47. The molecule has 3 atom stereocenters. The van der Waals surface area contributed by atoms with Gasteiger partial charge in [-0.15, -0.1) is 12.4 Å². The first-order chi connectivity index (χ1) is 6.97. The lowest BCUT2D eigenvalue weighted by molar-refractivity contribution is -0.125. The number of nitrogens with one attached hydrogen (secondary N) is 1. The van der Waals surface area contributed by atoms with Crippen LogP contribution in [0.15, 0.2) is 0 Å². The Morgan fingerprint density at radius 2 is 2.06 bits per heavy atom. The summed E-state index contributed by atoms with van der Waals surface area (Å²) in [5.74, 6) is 2.51. The van der Waals surface area contributed by atoms with Gasteiger partial charge >= 0.3 is 0 Å². The van der Waals surface area contributed by atoms with E-state index >= 15 is 0 Å². The molecule has 0 aromatic heterocycles. The molecule has 0 saturated heterocycles. The van der Waals surface area contributed by atoms with Crippen LogP contribution in [0.1, 0.15) is 39.5 Å². The predicted octanol–water partition coefficient (Wildman–Crippen LogP) is 1.70. The quantitative estimate of drug-likeness (QED) is 0.797. The molecule has 2 aliphatic rings. The van der Waals surface area contributed by atoms with Gasteiger partial charge in [-0.25, -0.2) is 0 Å². The van der Waals surface area contributed by atoms with E-state index in [1.54, 1.807) is 13.8 Å². The third kappa shape index (κ3) is 2.89. The molecule has 2 rings (SSSR count). The number of nitrogens with two attached hydrogens (primary N) is 1. The monoisotopic (exact) mass is 246 g/mol. The van der Waals surface area contributed by atoms with E-state index in [0.717, 1.165) is 24.3 Å². The van der Waals surface area contributed by atoms with Crippen molar-refractivity contribution in [2.24, 2.45) is 23.5 Å². The van der Waals surface area contributed by atoms with Crippen LogP contribution in [0.4, 0.5) is 0 Å². The Labute approximate surface area is 104 Å². The summed E-state index contributed by atoms with van der Waals surface area (Å²) in [4.78, 5) is 11.6. The van der Waals surface area contributed by atoms with Gasteiger partial charge in [-0.05, 0) is 50.9 Å². The number of hydrogen-bond donors (Lipinski definition) is 2. The Hall–Kier alpha value is -0.280. The minimum Gasteiger partial charge on any atom is -0.354 e. The second-order valence-electron chi connectivity index (χ2n) is 5.87. The zero-order valence-corrected chi connectivity index (χ0v) is 11.0. The summed E-state index contributed by atoms with van der Waals surface area (Å²) in [6.45, 7) is 4.34. The van der Waals surface area contributed by atoms with Gasteiger partial charge in [0, 0.05) is 6.54 Å². The van der Waals surface area contributed by atoms with Crippen LogP contribution in [0.3, 0.4) is 0 Å². The normalized spacial score (nSPS) is 32.3. The predicted molar refractivity (Wildman–Crippen MR) is 67.5 cm³/mol. The molecule has 3 nitrogen and oxygen atoms in total. The highest BCUT2D eigenvalue weighted by Gasteiger charge is 2.39. The van der Waals surface area contributed by atoms with Crippen molar-refractivity contribution in [3.8, 4) is 0 Å². The number of amides is 1. The second kappa shape index (κ2) is 4.92. The Bertz CT molecular complexity index is 262. The maximum absolute atomic E-state index is 11.6. The summed E-state index contributed by atoms with van der Waals surface area (Å²) in [6.07, 6.45) is 5.50. The third-order valence-corrected chi connectivity index (χ3v) is 3.99. The van der Waals surface area contributed by atoms with Gasteiger partial charge in [-0.2, -0.15) is 0 Å². The highest BCUT2D eigenvalue weighted by molar-refractivity contribution is 5.85. The number of fused-ring (bicyclic) bond motifs is 2. The van der Waals surface area contributed by atoms with E-state index in [4.69, 9.17) is 5.73 Å². The molecule has 2 saturated carbocycles. The molecule has 3 N–H and O–H groups in total. The Kier molecular flexibility index (Phi) is 4.24. The van der Waals surface area contributed by atoms with E-state index in [-0.39, 0.29) is 18.3 Å². The highest BCUT2D eigenvalue weighted by atomic mass is 35.5. The van der Waals surface area contributed by atoms with Crippen LogP contribution in [0.5, 0.6) is 0 Å². The average Bonchev–Trinajstić information content (AvgIpc) is 2.73. The molecule has 0 spiro atoms. The van der Waals surface area contributed by atoms with Crippen LogP contribution in [-0.4, -0.2) is 18.0 Å². The summed E-state index contributed by atoms with van der Waals surface area (Å²) in [5, 5.41) is 2.99. The maximum Gasteiger partial charge on any atom is 0.239 e. The van der Waals surface area contributed by atoms with Crippen LogP contribution < -0.4 is 11.1 Å². The van der Waals surface area contributed by atoms with Gasteiger partial charge in [-0.3, -0.25) is 4.79 Å². The number of carbonyl (C=O) groups excluding carboxylic acids is 1. The molecular weight excluding hydrogens is 224 g/mol. The summed E-state index contributed by atoms with van der Waals surface area (Å²) in [6, 6.07) is 0. The number of hydrogen-bond acceptors (Lipinski definition) is 2. The van der Waals surface area contributed by atoms with E-state index in [1.807, 2.05) is 0 Å². The molecular formula is C12H23ClN2O. The van der Waals surface area contributed by atoms with Gasteiger partial charge in [0.05, 0.1) is 5.54 Å². The molecule has 16 heavy (non-hydrogen) atoms. The SMILES string of the molecule is CC(C)(N)C(=O)NCC1CC2CCC1C2.Cl. The van der Waals surface area contributed by atoms with Gasteiger partial charge in [0.1, 0.15) is 0 Å². The van der Waals surface area contributed by atoms with Gasteiger partial charge in [0.2, 0.25) is 5.91 Å². The van der Waals surface area contributed by atoms with E-state index in [9.17, 15) is 4.79 Å². The summed E-state index contributed by atoms with van der Waals surface area (Å²) in [5.41, 5.74) is 4.99. The second-order valence-corrected chi connectivity index (χ2v) is 5.87. The van der Waals surface area contributed by atoms with E-state index in [1.165, 1.54) is 25.7 Å². The fraction of sp³-hybridized carbons (Fsp3) is 0.917. The molecule has 2 fully saturated rings. The van der Waals surface area contributed by atoms with E-state index < -0.39 is 5.54 Å². The van der Waals surface area contributed by atoms with Crippen molar-refractivity contribution in [2.75, 3.05) is 6.54 Å². The van der Waals surface area contributed by atoms with E-state index in [0.29, 0.717) is 0 Å². The molecule has 4 heteroatoms.